The van der Waals surface area contributed by atoms with Crippen LogP contribution in [0.15, 0.2) is 54.7 Å². The lowest BCUT2D eigenvalue weighted by Crippen LogP contribution is -2.24. The minimum absolute atomic E-state index is 0.102. The number of rotatable bonds is 4. The van der Waals surface area contributed by atoms with Gasteiger partial charge < -0.3 is 10.1 Å². The van der Waals surface area contributed by atoms with Crippen LogP contribution in [0, 0.1) is 5.82 Å². The first-order valence-corrected chi connectivity index (χ1v) is 7.14. The van der Waals surface area contributed by atoms with Gasteiger partial charge in [0.15, 0.2) is 5.75 Å². The summed E-state index contributed by atoms with van der Waals surface area (Å²) < 4.78 is 18.9. The lowest BCUT2D eigenvalue weighted by Gasteiger charge is -2.12. The number of ether oxygens (including phenoxy) is 1. The fourth-order valence-electron chi connectivity index (χ4n) is 2.42. The van der Waals surface area contributed by atoms with Gasteiger partial charge in [-0.1, -0.05) is 36.4 Å². The number of pyridine rings is 1. The zero-order valence-corrected chi connectivity index (χ0v) is 12.5. The molecule has 0 unspecified atom stereocenters. The highest BCUT2D eigenvalue weighted by atomic mass is 19.1. The molecule has 4 nitrogen and oxygen atoms in total. The number of nitrogens with zero attached hydrogens (tertiary/aromatic N) is 1. The Morgan fingerprint density at radius 1 is 1.17 bits per heavy atom. The van der Waals surface area contributed by atoms with Gasteiger partial charge in [-0.15, -0.1) is 0 Å². The number of nitrogens with one attached hydrogen (secondary N) is 1. The largest absolute Gasteiger partial charge is 0.494 e. The summed E-state index contributed by atoms with van der Waals surface area (Å²) in [4.78, 5) is 16.8. The molecular formula is C18H15FN2O2. The highest BCUT2D eigenvalue weighted by Crippen LogP contribution is 2.26. The molecule has 1 amide bonds. The minimum Gasteiger partial charge on any atom is -0.494 e. The number of hydrogen-bond donors (Lipinski definition) is 1. The normalized spacial score (nSPS) is 10.5. The summed E-state index contributed by atoms with van der Waals surface area (Å²) in [6.45, 7) is 0.102. The van der Waals surface area contributed by atoms with Crippen LogP contribution in [0.25, 0.3) is 10.9 Å². The van der Waals surface area contributed by atoms with Gasteiger partial charge in [-0.25, -0.2) is 4.39 Å². The van der Waals surface area contributed by atoms with Crippen LogP contribution in [-0.2, 0) is 6.54 Å². The van der Waals surface area contributed by atoms with Gasteiger partial charge in [0, 0.05) is 17.5 Å². The first kappa shape index (κ1) is 15.0. The van der Waals surface area contributed by atoms with E-state index in [0.29, 0.717) is 27.8 Å². The second kappa shape index (κ2) is 6.44. The second-order valence-electron chi connectivity index (χ2n) is 4.99. The lowest BCUT2D eigenvalue weighted by molar-refractivity contribution is 0.0949. The third-order valence-electron chi connectivity index (χ3n) is 3.58. The van der Waals surface area contributed by atoms with Crippen LogP contribution < -0.4 is 10.1 Å². The topological polar surface area (TPSA) is 51.2 Å². The summed E-state index contributed by atoms with van der Waals surface area (Å²) in [5.41, 5.74) is 1.52. The summed E-state index contributed by atoms with van der Waals surface area (Å²) in [6.07, 6.45) is 1.51. The molecule has 3 aromatic rings. The van der Waals surface area contributed by atoms with Crippen molar-refractivity contribution >= 4 is 16.8 Å². The van der Waals surface area contributed by atoms with Gasteiger partial charge in [-0.05, 0) is 12.1 Å². The maximum absolute atomic E-state index is 13.7. The van der Waals surface area contributed by atoms with Gasteiger partial charge in [0.2, 0.25) is 0 Å². The van der Waals surface area contributed by atoms with Crippen molar-refractivity contribution in [3.63, 3.8) is 0 Å². The van der Waals surface area contributed by atoms with Crippen molar-refractivity contribution in [2.75, 3.05) is 7.11 Å². The number of fused-ring (bicyclic) bond motifs is 1. The summed E-state index contributed by atoms with van der Waals surface area (Å²) in [5, 5.41) is 3.43. The lowest BCUT2D eigenvalue weighted by atomic mass is 10.1. The van der Waals surface area contributed by atoms with Crippen LogP contribution in [0.2, 0.25) is 0 Å². The number of methoxy groups -OCH3 is 1. The van der Waals surface area contributed by atoms with Gasteiger partial charge >= 0.3 is 0 Å². The van der Waals surface area contributed by atoms with E-state index >= 15 is 0 Å². The van der Waals surface area contributed by atoms with Crippen molar-refractivity contribution in [3.8, 4) is 5.75 Å². The van der Waals surface area contributed by atoms with Crippen LogP contribution in [0.3, 0.4) is 0 Å². The fourth-order valence-corrected chi connectivity index (χ4v) is 2.42. The Balaban J connectivity index is 1.93. The number of hydrogen-bond acceptors (Lipinski definition) is 3. The number of carbonyl (C=O) groups excluding carboxylic acids is 1. The average Bonchev–Trinajstić information content (AvgIpc) is 2.59. The number of benzene rings is 2. The van der Waals surface area contributed by atoms with Gasteiger partial charge in [0.25, 0.3) is 5.91 Å². The molecule has 0 aliphatic carbocycles. The fraction of sp³-hybridized carbons (Fsp3) is 0.111. The van der Waals surface area contributed by atoms with Gasteiger partial charge in [0.1, 0.15) is 5.82 Å². The van der Waals surface area contributed by atoms with Crippen LogP contribution in [0.1, 0.15) is 15.9 Å². The number of para-hydroxylation sites is 1. The van der Waals surface area contributed by atoms with Crippen molar-refractivity contribution in [2.24, 2.45) is 0 Å². The Labute approximate surface area is 132 Å². The quantitative estimate of drug-likeness (QED) is 0.804. The molecule has 0 saturated heterocycles. The molecule has 0 spiro atoms. The molecule has 2 aromatic carbocycles. The Morgan fingerprint density at radius 3 is 2.70 bits per heavy atom. The predicted molar refractivity (Wildman–Crippen MR) is 85.9 cm³/mol. The van der Waals surface area contributed by atoms with Crippen molar-refractivity contribution in [1.29, 1.82) is 0 Å². The second-order valence-corrected chi connectivity index (χ2v) is 4.99. The molecule has 0 aliphatic heterocycles. The van der Waals surface area contributed by atoms with E-state index in [0.717, 1.165) is 0 Å². The first-order valence-electron chi connectivity index (χ1n) is 7.14. The molecule has 1 heterocycles. The molecule has 1 N–H and O–H groups in total. The van der Waals surface area contributed by atoms with Crippen molar-refractivity contribution in [3.05, 3.63) is 71.7 Å². The molecule has 3 rings (SSSR count). The molecule has 23 heavy (non-hydrogen) atoms. The summed E-state index contributed by atoms with van der Waals surface area (Å²) >= 11 is 0. The zero-order valence-electron chi connectivity index (χ0n) is 12.5. The van der Waals surface area contributed by atoms with E-state index in [9.17, 15) is 9.18 Å². The Kier molecular flexibility index (Phi) is 4.19. The standard InChI is InChI=1S/C18H15FN2O2/c1-23-16-11-20-15-9-5-3-7-13(15)17(16)18(22)21-10-12-6-2-4-8-14(12)19/h2-9,11H,10H2,1H3,(H,21,22). The molecule has 5 heteroatoms. The molecule has 0 saturated carbocycles. The van der Waals surface area contributed by atoms with E-state index < -0.39 is 0 Å². The summed E-state index contributed by atoms with van der Waals surface area (Å²) in [5.74, 6) is -0.294. The molecule has 0 radical (unpaired) electrons. The molecule has 0 atom stereocenters. The van der Waals surface area contributed by atoms with E-state index in [-0.39, 0.29) is 18.3 Å². The smallest absolute Gasteiger partial charge is 0.256 e. The SMILES string of the molecule is COc1cnc2ccccc2c1C(=O)NCc1ccccc1F. The first-order chi connectivity index (χ1) is 11.2. The summed E-state index contributed by atoms with van der Waals surface area (Å²) in [7, 11) is 1.49. The molecule has 116 valence electrons. The van der Waals surface area contributed by atoms with E-state index in [2.05, 4.69) is 10.3 Å². The Bertz CT molecular complexity index is 865. The highest BCUT2D eigenvalue weighted by molar-refractivity contribution is 6.08. The molecular weight excluding hydrogens is 295 g/mol. The number of carbonyl (C=O) groups is 1. The van der Waals surface area contributed by atoms with Crippen LogP contribution in [0.4, 0.5) is 4.39 Å². The van der Waals surface area contributed by atoms with E-state index in [1.54, 1.807) is 18.2 Å². The molecule has 1 aromatic heterocycles. The molecule has 0 aliphatic rings. The average molecular weight is 310 g/mol. The van der Waals surface area contributed by atoms with Crippen molar-refractivity contribution in [1.82, 2.24) is 10.3 Å². The van der Waals surface area contributed by atoms with Gasteiger partial charge in [-0.3, -0.25) is 9.78 Å². The number of halogens is 1. The zero-order chi connectivity index (χ0) is 16.2. The van der Waals surface area contributed by atoms with Crippen LogP contribution in [-0.4, -0.2) is 18.0 Å². The number of aromatic nitrogens is 1. The molecule has 0 fully saturated rings. The van der Waals surface area contributed by atoms with E-state index in [1.807, 2.05) is 24.3 Å². The highest BCUT2D eigenvalue weighted by Gasteiger charge is 2.17. The van der Waals surface area contributed by atoms with Gasteiger partial charge in [-0.2, -0.15) is 0 Å². The number of amides is 1. The van der Waals surface area contributed by atoms with Crippen molar-refractivity contribution < 1.29 is 13.9 Å². The third kappa shape index (κ3) is 2.99. The maximum atomic E-state index is 13.7. The monoisotopic (exact) mass is 310 g/mol. The maximum Gasteiger partial charge on any atom is 0.256 e. The Morgan fingerprint density at radius 2 is 1.91 bits per heavy atom. The Hall–Kier alpha value is -2.95. The summed E-state index contributed by atoms with van der Waals surface area (Å²) in [6, 6.07) is 13.7. The van der Waals surface area contributed by atoms with Crippen molar-refractivity contribution in [2.45, 2.75) is 6.54 Å². The third-order valence-corrected chi connectivity index (χ3v) is 3.58. The molecule has 0 bridgehead atoms. The van der Waals surface area contributed by atoms with E-state index in [4.69, 9.17) is 4.74 Å². The predicted octanol–water partition coefficient (Wildman–Crippen LogP) is 3.31. The minimum atomic E-state index is -0.348. The van der Waals surface area contributed by atoms with Crippen LogP contribution in [0.5, 0.6) is 5.75 Å². The van der Waals surface area contributed by atoms with E-state index in [1.165, 1.54) is 19.4 Å². The van der Waals surface area contributed by atoms with Gasteiger partial charge in [0.05, 0.1) is 24.4 Å². The van der Waals surface area contributed by atoms with Crippen LogP contribution >= 0.6 is 0 Å².